The Kier molecular flexibility index (Phi) is 4.29. The molecule has 1 amide bonds. The Bertz CT molecular complexity index is 847. The average molecular weight is 340 g/mol. The predicted octanol–water partition coefficient (Wildman–Crippen LogP) is 1.55. The molecule has 1 N–H and O–H groups in total. The third-order valence-electron chi connectivity index (χ3n) is 5.73. The van der Waals surface area contributed by atoms with E-state index in [2.05, 4.69) is 22.1 Å². The minimum atomic E-state index is -0.210. The van der Waals surface area contributed by atoms with Gasteiger partial charge in [-0.3, -0.25) is 9.59 Å². The molecule has 2 saturated heterocycles. The molecule has 25 heavy (non-hydrogen) atoms. The van der Waals surface area contributed by atoms with Crippen LogP contribution < -0.4 is 5.56 Å². The van der Waals surface area contributed by atoms with Crippen molar-refractivity contribution < 1.29 is 4.79 Å². The molecule has 0 aliphatic carbocycles. The number of hydrogen-bond donors (Lipinski definition) is 1. The van der Waals surface area contributed by atoms with Crippen molar-refractivity contribution >= 4 is 16.7 Å². The Balaban J connectivity index is 1.58. The van der Waals surface area contributed by atoms with Gasteiger partial charge in [-0.05, 0) is 45.3 Å². The second kappa shape index (κ2) is 6.59. The van der Waals surface area contributed by atoms with E-state index in [0.29, 0.717) is 23.2 Å². The number of likely N-dealkylation sites (N-methyl/N-ethyl adjacent to an activating group) is 1. The molecule has 4 rings (SSSR count). The normalized spacial score (nSPS) is 24.3. The number of aromatic nitrogens is 2. The van der Waals surface area contributed by atoms with Crippen LogP contribution in [0.5, 0.6) is 0 Å². The van der Waals surface area contributed by atoms with Gasteiger partial charge in [0.25, 0.3) is 5.56 Å². The summed E-state index contributed by atoms with van der Waals surface area (Å²) in [7, 11) is 2.16. The summed E-state index contributed by atoms with van der Waals surface area (Å²) in [4.78, 5) is 29.4. The lowest BCUT2D eigenvalue weighted by Crippen LogP contribution is -2.47. The van der Waals surface area contributed by atoms with Crippen LogP contribution >= 0.6 is 0 Å². The van der Waals surface area contributed by atoms with Crippen LogP contribution in [0, 0.1) is 0 Å². The summed E-state index contributed by atoms with van der Waals surface area (Å²) in [6, 6.07) is 8.14. The second-order valence-electron chi connectivity index (χ2n) is 7.21. The Hall–Kier alpha value is -2.21. The largest absolute Gasteiger partial charge is 0.338 e. The smallest absolute Gasteiger partial charge is 0.272 e. The van der Waals surface area contributed by atoms with Crippen LogP contribution in [0.2, 0.25) is 0 Å². The lowest BCUT2D eigenvalue weighted by molar-refractivity contribution is -0.132. The number of H-pyrrole nitrogens is 1. The van der Waals surface area contributed by atoms with E-state index >= 15 is 0 Å². The summed E-state index contributed by atoms with van der Waals surface area (Å²) >= 11 is 0. The third kappa shape index (κ3) is 2.95. The van der Waals surface area contributed by atoms with Crippen LogP contribution in [-0.4, -0.2) is 58.1 Å². The van der Waals surface area contributed by atoms with E-state index in [0.717, 1.165) is 31.3 Å². The van der Waals surface area contributed by atoms with Crippen molar-refractivity contribution in [3.63, 3.8) is 0 Å². The molecule has 2 aliphatic heterocycles. The molecule has 2 aromatic rings. The van der Waals surface area contributed by atoms with Crippen molar-refractivity contribution in [3.05, 3.63) is 40.3 Å². The van der Waals surface area contributed by atoms with E-state index in [1.165, 1.54) is 12.8 Å². The van der Waals surface area contributed by atoms with Crippen molar-refractivity contribution in [2.75, 3.05) is 20.1 Å². The zero-order chi connectivity index (χ0) is 17.4. The van der Waals surface area contributed by atoms with E-state index in [-0.39, 0.29) is 17.9 Å². The number of fused-ring (bicyclic) bond motifs is 1. The van der Waals surface area contributed by atoms with Gasteiger partial charge < -0.3 is 9.80 Å². The van der Waals surface area contributed by atoms with Gasteiger partial charge in [-0.1, -0.05) is 18.2 Å². The van der Waals surface area contributed by atoms with Crippen molar-refractivity contribution in [2.45, 2.75) is 44.2 Å². The van der Waals surface area contributed by atoms with E-state index in [1.807, 2.05) is 23.1 Å². The monoisotopic (exact) mass is 340 g/mol. The molecule has 1 aromatic carbocycles. The van der Waals surface area contributed by atoms with E-state index in [9.17, 15) is 9.59 Å². The van der Waals surface area contributed by atoms with Crippen molar-refractivity contribution in [3.8, 4) is 0 Å². The maximum absolute atomic E-state index is 13.0. The fraction of sp³-hybridized carbons (Fsp3) is 0.526. The lowest BCUT2D eigenvalue weighted by Gasteiger charge is -2.33. The highest BCUT2D eigenvalue weighted by Gasteiger charge is 2.38. The summed E-state index contributed by atoms with van der Waals surface area (Å²) in [6.45, 7) is 1.95. The van der Waals surface area contributed by atoms with Crippen LogP contribution in [0.15, 0.2) is 29.1 Å². The number of likely N-dealkylation sites (tertiary alicyclic amines) is 2. The van der Waals surface area contributed by atoms with Crippen LogP contribution in [0.4, 0.5) is 0 Å². The van der Waals surface area contributed by atoms with Crippen LogP contribution in [0.25, 0.3) is 10.8 Å². The molecular weight excluding hydrogens is 316 g/mol. The Labute approximate surface area is 146 Å². The van der Waals surface area contributed by atoms with Gasteiger partial charge in [0.15, 0.2) is 0 Å². The standard InChI is InChI=1S/C19H24N4O2/c1-22-10-4-8-16(22)17-9-5-11-23(17)18(24)12-15-13-6-2-3-7-14(13)19(25)21-20-15/h2-3,6-7,16-17H,4-5,8-12H2,1H3,(H,21,25)/t16-,17+/m1/s1. The molecule has 0 spiro atoms. The first-order chi connectivity index (χ1) is 12.1. The van der Waals surface area contributed by atoms with Gasteiger partial charge >= 0.3 is 0 Å². The molecule has 0 saturated carbocycles. The van der Waals surface area contributed by atoms with Crippen molar-refractivity contribution in [1.82, 2.24) is 20.0 Å². The van der Waals surface area contributed by atoms with Gasteiger partial charge in [0.2, 0.25) is 5.91 Å². The van der Waals surface area contributed by atoms with Crippen LogP contribution in [0.1, 0.15) is 31.4 Å². The summed E-state index contributed by atoms with van der Waals surface area (Å²) < 4.78 is 0. The number of nitrogens with one attached hydrogen (secondary N) is 1. The number of carbonyl (C=O) groups excluding carboxylic acids is 1. The topological polar surface area (TPSA) is 69.3 Å². The minimum Gasteiger partial charge on any atom is -0.338 e. The predicted molar refractivity (Wildman–Crippen MR) is 96.5 cm³/mol. The molecule has 3 heterocycles. The van der Waals surface area contributed by atoms with Crippen LogP contribution in [-0.2, 0) is 11.2 Å². The molecule has 0 unspecified atom stereocenters. The Morgan fingerprint density at radius 2 is 1.88 bits per heavy atom. The van der Waals surface area contributed by atoms with E-state index < -0.39 is 0 Å². The molecule has 6 nitrogen and oxygen atoms in total. The zero-order valence-corrected chi connectivity index (χ0v) is 14.6. The molecule has 2 aliphatic rings. The summed E-state index contributed by atoms with van der Waals surface area (Å²) in [5.74, 6) is 0.118. The van der Waals surface area contributed by atoms with Gasteiger partial charge in [0, 0.05) is 24.0 Å². The lowest BCUT2D eigenvalue weighted by atomic mass is 10.0. The summed E-state index contributed by atoms with van der Waals surface area (Å²) in [5, 5.41) is 8.05. The number of aromatic amines is 1. The van der Waals surface area contributed by atoms with E-state index in [4.69, 9.17) is 0 Å². The number of carbonyl (C=O) groups is 1. The zero-order valence-electron chi connectivity index (χ0n) is 14.6. The van der Waals surface area contributed by atoms with Crippen molar-refractivity contribution in [2.24, 2.45) is 0 Å². The number of hydrogen-bond acceptors (Lipinski definition) is 4. The molecule has 2 fully saturated rings. The molecule has 0 bridgehead atoms. The molecule has 6 heteroatoms. The van der Waals surface area contributed by atoms with Gasteiger partial charge in [-0.25, -0.2) is 5.10 Å². The van der Waals surface area contributed by atoms with E-state index in [1.54, 1.807) is 6.07 Å². The Morgan fingerprint density at radius 1 is 1.16 bits per heavy atom. The first-order valence-electron chi connectivity index (χ1n) is 9.11. The third-order valence-corrected chi connectivity index (χ3v) is 5.73. The fourth-order valence-electron chi connectivity index (χ4n) is 4.48. The maximum atomic E-state index is 13.0. The highest BCUT2D eigenvalue weighted by molar-refractivity contribution is 5.88. The van der Waals surface area contributed by atoms with Gasteiger partial charge in [-0.15, -0.1) is 0 Å². The molecule has 2 atom stereocenters. The maximum Gasteiger partial charge on any atom is 0.272 e. The molecule has 1 aromatic heterocycles. The SMILES string of the molecule is CN1CCC[C@@H]1[C@@H]1CCCN1C(=O)Cc1n[nH]c(=O)c2ccccc12. The van der Waals surface area contributed by atoms with Crippen LogP contribution in [0.3, 0.4) is 0 Å². The highest BCUT2D eigenvalue weighted by Crippen LogP contribution is 2.29. The number of nitrogens with zero attached hydrogens (tertiary/aromatic N) is 3. The number of benzene rings is 1. The average Bonchev–Trinajstić information content (AvgIpc) is 3.26. The number of amides is 1. The first kappa shape index (κ1) is 16.3. The quantitative estimate of drug-likeness (QED) is 0.920. The van der Waals surface area contributed by atoms with Gasteiger partial charge in [-0.2, -0.15) is 5.10 Å². The molecule has 0 radical (unpaired) electrons. The highest BCUT2D eigenvalue weighted by atomic mass is 16.2. The van der Waals surface area contributed by atoms with Gasteiger partial charge in [0.1, 0.15) is 0 Å². The Morgan fingerprint density at radius 3 is 2.64 bits per heavy atom. The van der Waals surface area contributed by atoms with Gasteiger partial charge in [0.05, 0.1) is 17.5 Å². The molecular formula is C19H24N4O2. The fourth-order valence-corrected chi connectivity index (χ4v) is 4.48. The summed E-state index contributed by atoms with van der Waals surface area (Å²) in [6.07, 6.45) is 4.78. The second-order valence-corrected chi connectivity index (χ2v) is 7.21. The summed E-state index contributed by atoms with van der Waals surface area (Å²) in [5.41, 5.74) is 0.448. The first-order valence-corrected chi connectivity index (χ1v) is 9.11. The number of rotatable bonds is 3. The van der Waals surface area contributed by atoms with Crippen molar-refractivity contribution in [1.29, 1.82) is 0 Å². The molecule has 132 valence electrons. The minimum absolute atomic E-state index is 0.118.